The zero-order chi connectivity index (χ0) is 14.7. The molecule has 2 aromatic heterocycles. The molecule has 3 rings (SSSR count). The van der Waals surface area contributed by atoms with Gasteiger partial charge in [-0.15, -0.1) is 11.3 Å². The molecular weight excluding hydrogens is 284 g/mol. The normalized spacial score (nSPS) is 16.5. The van der Waals surface area contributed by atoms with Crippen LogP contribution in [0.2, 0.25) is 0 Å². The van der Waals surface area contributed by atoms with E-state index in [1.165, 1.54) is 43.4 Å². The molecule has 1 aliphatic rings. The number of imidazole rings is 1. The highest BCUT2D eigenvalue weighted by atomic mass is 32.1. The molecule has 6 heteroatoms. The second kappa shape index (κ2) is 6.39. The van der Waals surface area contributed by atoms with Gasteiger partial charge in [0.15, 0.2) is 4.96 Å². The molecule has 1 aliphatic carbocycles. The average molecular weight is 304 g/mol. The van der Waals surface area contributed by atoms with Crippen LogP contribution >= 0.6 is 11.3 Å². The molecule has 1 fully saturated rings. The van der Waals surface area contributed by atoms with Crippen LogP contribution in [0.15, 0.2) is 16.7 Å². The molecule has 1 saturated carbocycles. The van der Waals surface area contributed by atoms with Gasteiger partial charge in [-0.25, -0.2) is 10.4 Å². The number of carbonyl (C=O) groups excluding carboxylic acids is 1. The van der Waals surface area contributed by atoms with Crippen LogP contribution in [0.1, 0.15) is 61.1 Å². The molecule has 21 heavy (non-hydrogen) atoms. The minimum absolute atomic E-state index is 0.173. The van der Waals surface area contributed by atoms with Gasteiger partial charge in [0.05, 0.1) is 5.69 Å². The van der Waals surface area contributed by atoms with Gasteiger partial charge in [-0.1, -0.05) is 19.3 Å². The van der Waals surface area contributed by atoms with E-state index in [1.807, 2.05) is 22.9 Å². The van der Waals surface area contributed by atoms with E-state index in [4.69, 9.17) is 0 Å². The number of hydrogen-bond donors (Lipinski definition) is 1. The average Bonchev–Trinajstić information content (AvgIpc) is 2.96. The monoisotopic (exact) mass is 304 g/mol. The quantitative estimate of drug-likeness (QED) is 0.863. The van der Waals surface area contributed by atoms with Crippen molar-refractivity contribution < 1.29 is 4.79 Å². The summed E-state index contributed by atoms with van der Waals surface area (Å²) < 4.78 is 1.83. The lowest BCUT2D eigenvalue weighted by atomic mass is 9.99. The summed E-state index contributed by atoms with van der Waals surface area (Å²) in [6.45, 7) is 1.86. The predicted octanol–water partition coefficient (Wildman–Crippen LogP) is 3.53. The molecule has 0 saturated heterocycles. The highest BCUT2D eigenvalue weighted by Gasteiger charge is 2.17. The Hall–Kier alpha value is -1.69. The first-order chi connectivity index (χ1) is 10.3. The van der Waals surface area contributed by atoms with Gasteiger partial charge >= 0.3 is 0 Å². The second-order valence-corrected chi connectivity index (χ2v) is 6.36. The van der Waals surface area contributed by atoms with E-state index in [2.05, 4.69) is 15.5 Å². The molecule has 5 nitrogen and oxygen atoms in total. The Morgan fingerprint density at radius 3 is 2.76 bits per heavy atom. The zero-order valence-corrected chi connectivity index (χ0v) is 13.1. The van der Waals surface area contributed by atoms with Crippen LogP contribution in [0.25, 0.3) is 4.96 Å². The number of hydrogen-bond acceptors (Lipinski definition) is 4. The van der Waals surface area contributed by atoms with Gasteiger partial charge in [-0.3, -0.25) is 9.20 Å². The Morgan fingerprint density at radius 1 is 1.29 bits per heavy atom. The van der Waals surface area contributed by atoms with Crippen molar-refractivity contribution in [2.75, 3.05) is 0 Å². The lowest BCUT2D eigenvalue weighted by molar-refractivity contribution is 0.0948. The van der Waals surface area contributed by atoms with E-state index in [0.717, 1.165) is 29.2 Å². The third kappa shape index (κ3) is 3.15. The van der Waals surface area contributed by atoms with Crippen molar-refractivity contribution in [3.63, 3.8) is 0 Å². The summed E-state index contributed by atoms with van der Waals surface area (Å²) in [4.78, 5) is 17.6. The maximum Gasteiger partial charge on any atom is 0.290 e. The van der Waals surface area contributed by atoms with Gasteiger partial charge in [-0.05, 0) is 32.6 Å². The number of carbonyl (C=O) groups is 1. The first-order valence-electron chi connectivity index (χ1n) is 7.53. The van der Waals surface area contributed by atoms with E-state index >= 15 is 0 Å². The predicted molar refractivity (Wildman–Crippen MR) is 85.0 cm³/mol. The molecule has 2 aromatic rings. The van der Waals surface area contributed by atoms with Gasteiger partial charge in [-0.2, -0.15) is 5.10 Å². The van der Waals surface area contributed by atoms with Crippen LogP contribution in [0.5, 0.6) is 0 Å². The largest absolute Gasteiger partial charge is 0.290 e. The van der Waals surface area contributed by atoms with Crippen LogP contribution in [-0.4, -0.2) is 21.0 Å². The van der Waals surface area contributed by atoms with Crippen molar-refractivity contribution >= 4 is 27.9 Å². The topological polar surface area (TPSA) is 58.8 Å². The summed E-state index contributed by atoms with van der Waals surface area (Å²) >= 11 is 1.53. The van der Waals surface area contributed by atoms with Crippen molar-refractivity contribution in [3.8, 4) is 0 Å². The van der Waals surface area contributed by atoms with Gasteiger partial charge in [0.25, 0.3) is 5.91 Å². The van der Waals surface area contributed by atoms with E-state index in [1.54, 1.807) is 0 Å². The fourth-order valence-corrected chi connectivity index (χ4v) is 3.54. The summed E-state index contributed by atoms with van der Waals surface area (Å²) in [5.74, 6) is -0.173. The molecule has 0 atom stereocenters. The van der Waals surface area contributed by atoms with E-state index in [-0.39, 0.29) is 5.91 Å². The van der Waals surface area contributed by atoms with Crippen molar-refractivity contribution in [3.05, 3.63) is 23.0 Å². The molecule has 2 heterocycles. The minimum atomic E-state index is -0.173. The molecule has 0 unspecified atom stereocenters. The SMILES string of the molecule is Cc1nc2sccn2c1C(=O)NN=C1CCCCCCC1. The van der Waals surface area contributed by atoms with Gasteiger partial charge in [0, 0.05) is 17.3 Å². The number of nitrogens with one attached hydrogen (secondary N) is 1. The number of hydrazone groups is 1. The fraction of sp³-hybridized carbons (Fsp3) is 0.533. The van der Waals surface area contributed by atoms with Crippen LogP contribution < -0.4 is 5.43 Å². The zero-order valence-electron chi connectivity index (χ0n) is 12.3. The highest BCUT2D eigenvalue weighted by molar-refractivity contribution is 7.15. The number of aromatic nitrogens is 2. The van der Waals surface area contributed by atoms with Crippen LogP contribution in [0.3, 0.4) is 0 Å². The number of fused-ring (bicyclic) bond motifs is 1. The Balaban J connectivity index is 1.73. The van der Waals surface area contributed by atoms with Crippen LogP contribution in [0, 0.1) is 6.92 Å². The van der Waals surface area contributed by atoms with E-state index in [0.29, 0.717) is 5.69 Å². The van der Waals surface area contributed by atoms with E-state index in [9.17, 15) is 4.79 Å². The Kier molecular flexibility index (Phi) is 4.34. The molecule has 0 spiro atoms. The smallest absolute Gasteiger partial charge is 0.286 e. The third-order valence-corrected chi connectivity index (χ3v) is 4.65. The van der Waals surface area contributed by atoms with Crippen molar-refractivity contribution in [1.82, 2.24) is 14.8 Å². The fourth-order valence-electron chi connectivity index (χ4n) is 2.78. The van der Waals surface area contributed by atoms with Gasteiger partial charge in [0.1, 0.15) is 5.69 Å². The lowest BCUT2D eigenvalue weighted by Crippen LogP contribution is -2.22. The Bertz CT molecular complexity index is 660. The summed E-state index contributed by atoms with van der Waals surface area (Å²) in [5, 5.41) is 6.28. The summed E-state index contributed by atoms with van der Waals surface area (Å²) in [6.07, 6.45) is 10.1. The molecule has 0 radical (unpaired) electrons. The minimum Gasteiger partial charge on any atom is -0.286 e. The first-order valence-corrected chi connectivity index (χ1v) is 8.41. The van der Waals surface area contributed by atoms with Crippen LogP contribution in [0.4, 0.5) is 0 Å². The summed E-state index contributed by atoms with van der Waals surface area (Å²) in [7, 11) is 0. The standard InChI is InChI=1S/C15H20N4OS/c1-11-13(19-9-10-21-15(19)16-11)14(20)18-17-12-7-5-3-2-4-6-8-12/h9-10H,2-8H2,1H3,(H,18,20). The van der Waals surface area contributed by atoms with E-state index < -0.39 is 0 Å². The molecule has 0 aliphatic heterocycles. The maximum absolute atomic E-state index is 12.4. The number of aryl methyl sites for hydroxylation is 1. The summed E-state index contributed by atoms with van der Waals surface area (Å²) in [5.41, 5.74) is 5.17. The lowest BCUT2D eigenvalue weighted by Gasteiger charge is -2.10. The molecule has 0 aromatic carbocycles. The van der Waals surface area contributed by atoms with Gasteiger partial charge < -0.3 is 0 Å². The number of nitrogens with zero attached hydrogens (tertiary/aromatic N) is 3. The third-order valence-electron chi connectivity index (χ3n) is 3.90. The van der Waals surface area contributed by atoms with Crippen molar-refractivity contribution in [2.45, 2.75) is 51.9 Å². The number of thiazole rings is 1. The first kappa shape index (κ1) is 14.3. The molecule has 112 valence electrons. The maximum atomic E-state index is 12.4. The number of rotatable bonds is 2. The van der Waals surface area contributed by atoms with Crippen molar-refractivity contribution in [1.29, 1.82) is 0 Å². The molecule has 0 bridgehead atoms. The Labute approximate surface area is 128 Å². The van der Waals surface area contributed by atoms with Crippen LogP contribution in [-0.2, 0) is 0 Å². The summed E-state index contributed by atoms with van der Waals surface area (Å²) in [6, 6.07) is 0. The number of amides is 1. The molecule has 1 amide bonds. The Morgan fingerprint density at radius 2 is 2.00 bits per heavy atom. The molecule has 1 N–H and O–H groups in total. The highest BCUT2D eigenvalue weighted by Crippen LogP contribution is 2.17. The van der Waals surface area contributed by atoms with Crippen molar-refractivity contribution in [2.24, 2.45) is 5.10 Å². The molecular formula is C15H20N4OS. The van der Waals surface area contributed by atoms with Gasteiger partial charge in [0.2, 0.25) is 0 Å². The second-order valence-electron chi connectivity index (χ2n) is 5.49.